The van der Waals surface area contributed by atoms with Gasteiger partial charge in [-0.25, -0.2) is 9.78 Å². The first kappa shape index (κ1) is 16.3. The number of carbonyl (C=O) groups is 2. The summed E-state index contributed by atoms with van der Waals surface area (Å²) in [6.45, 7) is 1.83. The first-order valence-corrected chi connectivity index (χ1v) is 8.19. The van der Waals surface area contributed by atoms with Gasteiger partial charge in [0.2, 0.25) is 5.91 Å². The molecule has 3 rings (SSSR count). The molecule has 0 aliphatic carbocycles. The van der Waals surface area contributed by atoms with Crippen molar-refractivity contribution in [2.75, 3.05) is 20.2 Å². The largest absolute Gasteiger partial charge is 0.453 e. The lowest BCUT2D eigenvalue weighted by atomic mass is 10.1. The number of aromatic nitrogens is 2. The third-order valence-corrected chi connectivity index (χ3v) is 4.40. The van der Waals surface area contributed by atoms with Crippen LogP contribution in [0.5, 0.6) is 0 Å². The molecular formula is C17H22N4O3. The zero-order chi connectivity index (χ0) is 16.9. The standard InChI is InChI=1S/C17H22N4O3/c1-24-17(23)20-9-6-13(7-10-20)19-16(22)8-11-21-12-18-14-4-2-3-5-15(14)21/h2-5,12-13H,6-11H2,1H3,(H,19,22). The average Bonchev–Trinajstić information content (AvgIpc) is 3.03. The van der Waals surface area contributed by atoms with Crippen molar-refractivity contribution in [2.24, 2.45) is 0 Å². The molecule has 1 saturated heterocycles. The number of fused-ring (bicyclic) bond motifs is 1. The van der Waals surface area contributed by atoms with E-state index in [0.717, 1.165) is 23.9 Å². The van der Waals surface area contributed by atoms with Crippen molar-refractivity contribution in [1.29, 1.82) is 0 Å². The number of piperidine rings is 1. The third-order valence-electron chi connectivity index (χ3n) is 4.40. The normalized spacial score (nSPS) is 15.5. The number of amides is 2. The van der Waals surface area contributed by atoms with Gasteiger partial charge in [-0.3, -0.25) is 4.79 Å². The third kappa shape index (κ3) is 3.67. The number of likely N-dealkylation sites (tertiary alicyclic amines) is 1. The Hall–Kier alpha value is -2.57. The Morgan fingerprint density at radius 1 is 1.29 bits per heavy atom. The second-order valence-corrected chi connectivity index (χ2v) is 5.98. The molecule has 0 bridgehead atoms. The van der Waals surface area contributed by atoms with Crippen LogP contribution in [0, 0.1) is 0 Å². The number of methoxy groups -OCH3 is 1. The summed E-state index contributed by atoms with van der Waals surface area (Å²) in [4.78, 5) is 29.6. The molecule has 7 heteroatoms. The van der Waals surface area contributed by atoms with Gasteiger partial charge in [0.15, 0.2) is 0 Å². The molecule has 1 aliphatic rings. The SMILES string of the molecule is COC(=O)N1CCC(NC(=O)CCn2cnc3ccccc32)CC1. The molecule has 2 amide bonds. The quantitative estimate of drug-likeness (QED) is 0.927. The summed E-state index contributed by atoms with van der Waals surface area (Å²) in [6.07, 6.45) is 3.40. The van der Waals surface area contributed by atoms with Crippen molar-refractivity contribution in [2.45, 2.75) is 31.8 Å². The predicted molar refractivity (Wildman–Crippen MR) is 89.5 cm³/mol. The van der Waals surface area contributed by atoms with Crippen molar-refractivity contribution in [3.05, 3.63) is 30.6 Å². The molecule has 1 aromatic carbocycles. The van der Waals surface area contributed by atoms with E-state index in [-0.39, 0.29) is 18.0 Å². The van der Waals surface area contributed by atoms with E-state index < -0.39 is 0 Å². The van der Waals surface area contributed by atoms with Crippen LogP contribution in [-0.4, -0.2) is 52.7 Å². The van der Waals surface area contributed by atoms with Crippen molar-refractivity contribution in [1.82, 2.24) is 19.8 Å². The molecule has 7 nitrogen and oxygen atoms in total. The number of hydrogen-bond acceptors (Lipinski definition) is 4. The molecule has 0 atom stereocenters. The van der Waals surface area contributed by atoms with Gasteiger partial charge in [-0.15, -0.1) is 0 Å². The summed E-state index contributed by atoms with van der Waals surface area (Å²) in [5.41, 5.74) is 1.98. The summed E-state index contributed by atoms with van der Waals surface area (Å²) in [5, 5.41) is 3.06. The van der Waals surface area contributed by atoms with Gasteiger partial charge in [-0.2, -0.15) is 0 Å². The number of imidazole rings is 1. The molecule has 2 heterocycles. The highest BCUT2D eigenvalue weighted by Crippen LogP contribution is 2.13. The maximum Gasteiger partial charge on any atom is 0.409 e. The van der Waals surface area contributed by atoms with Gasteiger partial charge in [-0.05, 0) is 25.0 Å². The molecule has 1 aliphatic heterocycles. The Balaban J connectivity index is 1.46. The molecule has 1 aromatic heterocycles. The van der Waals surface area contributed by atoms with Crippen LogP contribution in [0.25, 0.3) is 11.0 Å². The molecular weight excluding hydrogens is 308 g/mol. The van der Waals surface area contributed by atoms with E-state index >= 15 is 0 Å². The summed E-state index contributed by atoms with van der Waals surface area (Å²) in [6, 6.07) is 8.00. The first-order valence-electron chi connectivity index (χ1n) is 8.19. The molecule has 2 aromatic rings. The van der Waals surface area contributed by atoms with E-state index in [1.54, 1.807) is 11.2 Å². The average molecular weight is 330 g/mol. The van der Waals surface area contributed by atoms with Crippen molar-refractivity contribution in [3.63, 3.8) is 0 Å². The Kier molecular flexibility index (Phi) is 4.98. The van der Waals surface area contributed by atoms with Crippen LogP contribution in [0.15, 0.2) is 30.6 Å². The molecule has 0 radical (unpaired) electrons. The Morgan fingerprint density at radius 3 is 2.79 bits per heavy atom. The lowest BCUT2D eigenvalue weighted by Gasteiger charge is -2.31. The fourth-order valence-electron chi connectivity index (χ4n) is 3.05. The zero-order valence-electron chi connectivity index (χ0n) is 13.8. The van der Waals surface area contributed by atoms with Crippen LogP contribution in [0.3, 0.4) is 0 Å². The Bertz CT molecular complexity index is 719. The Morgan fingerprint density at radius 2 is 2.04 bits per heavy atom. The fourth-order valence-corrected chi connectivity index (χ4v) is 3.05. The number of hydrogen-bond donors (Lipinski definition) is 1. The number of rotatable bonds is 4. The highest BCUT2D eigenvalue weighted by atomic mass is 16.5. The molecule has 0 saturated carbocycles. The summed E-state index contributed by atoms with van der Waals surface area (Å²) in [7, 11) is 1.38. The second kappa shape index (κ2) is 7.33. The summed E-state index contributed by atoms with van der Waals surface area (Å²) in [5.74, 6) is 0.0318. The minimum Gasteiger partial charge on any atom is -0.453 e. The minimum atomic E-state index is -0.299. The van der Waals surface area contributed by atoms with Crippen molar-refractivity contribution in [3.8, 4) is 0 Å². The van der Waals surface area contributed by atoms with E-state index in [4.69, 9.17) is 4.74 Å². The fraction of sp³-hybridized carbons (Fsp3) is 0.471. The first-order chi connectivity index (χ1) is 11.7. The van der Waals surface area contributed by atoms with Crippen LogP contribution < -0.4 is 5.32 Å². The van der Waals surface area contributed by atoms with Gasteiger partial charge in [0, 0.05) is 32.1 Å². The van der Waals surface area contributed by atoms with E-state index in [1.165, 1.54) is 7.11 Å². The van der Waals surface area contributed by atoms with Crippen LogP contribution in [0.4, 0.5) is 4.79 Å². The van der Waals surface area contributed by atoms with E-state index in [1.807, 2.05) is 28.8 Å². The lowest BCUT2D eigenvalue weighted by Crippen LogP contribution is -2.46. The van der Waals surface area contributed by atoms with E-state index in [9.17, 15) is 9.59 Å². The van der Waals surface area contributed by atoms with Crippen molar-refractivity contribution < 1.29 is 14.3 Å². The second-order valence-electron chi connectivity index (χ2n) is 5.98. The Labute approximate surface area is 140 Å². The molecule has 0 spiro atoms. The van der Waals surface area contributed by atoms with Gasteiger partial charge in [0.05, 0.1) is 24.5 Å². The predicted octanol–water partition coefficient (Wildman–Crippen LogP) is 1.77. The maximum atomic E-state index is 12.2. The molecule has 128 valence electrons. The molecule has 0 unspecified atom stereocenters. The number of para-hydroxylation sites is 2. The summed E-state index contributed by atoms with van der Waals surface area (Å²) < 4.78 is 6.71. The number of nitrogens with zero attached hydrogens (tertiary/aromatic N) is 3. The van der Waals surface area contributed by atoms with E-state index in [2.05, 4.69) is 10.3 Å². The number of aryl methyl sites for hydroxylation is 1. The van der Waals surface area contributed by atoms with Crippen LogP contribution >= 0.6 is 0 Å². The van der Waals surface area contributed by atoms with Crippen molar-refractivity contribution >= 4 is 23.0 Å². The number of carbonyl (C=O) groups excluding carboxylic acids is 2. The molecule has 1 fully saturated rings. The highest BCUT2D eigenvalue weighted by Gasteiger charge is 2.24. The molecule has 1 N–H and O–H groups in total. The van der Waals surface area contributed by atoms with Gasteiger partial charge in [0.25, 0.3) is 0 Å². The maximum absolute atomic E-state index is 12.2. The van der Waals surface area contributed by atoms with E-state index in [0.29, 0.717) is 26.1 Å². The van der Waals surface area contributed by atoms with Gasteiger partial charge >= 0.3 is 6.09 Å². The van der Waals surface area contributed by atoms with Crippen LogP contribution in [0.2, 0.25) is 0 Å². The number of ether oxygens (including phenoxy) is 1. The smallest absolute Gasteiger partial charge is 0.409 e. The van der Waals surface area contributed by atoms with Crippen LogP contribution in [-0.2, 0) is 16.1 Å². The monoisotopic (exact) mass is 330 g/mol. The van der Waals surface area contributed by atoms with Gasteiger partial charge in [-0.1, -0.05) is 12.1 Å². The topological polar surface area (TPSA) is 76.5 Å². The lowest BCUT2D eigenvalue weighted by molar-refractivity contribution is -0.122. The summed E-state index contributed by atoms with van der Waals surface area (Å²) >= 11 is 0. The highest BCUT2D eigenvalue weighted by molar-refractivity contribution is 5.77. The number of benzene rings is 1. The zero-order valence-corrected chi connectivity index (χ0v) is 13.8. The van der Waals surface area contributed by atoms with Gasteiger partial charge in [0.1, 0.15) is 0 Å². The van der Waals surface area contributed by atoms with Crippen LogP contribution in [0.1, 0.15) is 19.3 Å². The van der Waals surface area contributed by atoms with Gasteiger partial charge < -0.3 is 19.5 Å². The molecule has 24 heavy (non-hydrogen) atoms. The number of nitrogens with one attached hydrogen (secondary N) is 1. The minimum absolute atomic E-state index is 0.0318.